The molecule has 0 bridgehead atoms. The fraction of sp³-hybridized carbons (Fsp3) is 0.0952. The summed E-state index contributed by atoms with van der Waals surface area (Å²) in [5.74, 6) is 1.30. The highest BCUT2D eigenvalue weighted by atomic mass is 32.1. The maximum Gasteiger partial charge on any atom is 0.173 e. The second-order valence-electron chi connectivity index (χ2n) is 5.82. The fourth-order valence-corrected chi connectivity index (χ4v) is 2.59. The Labute approximate surface area is 158 Å². The minimum atomic E-state index is -0.232. The number of thiocarbonyl (C=S) groups is 1. The van der Waals surface area contributed by atoms with E-state index in [0.29, 0.717) is 17.2 Å². The quantitative estimate of drug-likeness (QED) is 0.607. The minimum Gasteiger partial charge on any atom is -0.457 e. The van der Waals surface area contributed by atoms with Gasteiger partial charge in [-0.05, 0) is 54.7 Å². The molecular formula is C21H19FN2OS. The van der Waals surface area contributed by atoms with Crippen LogP contribution >= 0.6 is 12.2 Å². The normalized spacial score (nSPS) is 10.2. The number of benzene rings is 3. The van der Waals surface area contributed by atoms with Gasteiger partial charge in [0, 0.05) is 24.8 Å². The Bertz CT molecular complexity index is 869. The zero-order chi connectivity index (χ0) is 18.4. The van der Waals surface area contributed by atoms with E-state index in [1.165, 1.54) is 6.07 Å². The van der Waals surface area contributed by atoms with Crippen molar-refractivity contribution in [3.8, 4) is 11.5 Å². The van der Waals surface area contributed by atoms with Crippen molar-refractivity contribution in [1.82, 2.24) is 4.90 Å². The van der Waals surface area contributed by atoms with Crippen LogP contribution in [0.2, 0.25) is 0 Å². The van der Waals surface area contributed by atoms with Gasteiger partial charge in [0.25, 0.3) is 0 Å². The summed E-state index contributed by atoms with van der Waals surface area (Å²) in [6, 6.07) is 23.8. The van der Waals surface area contributed by atoms with Gasteiger partial charge in [-0.1, -0.05) is 36.4 Å². The third kappa shape index (κ3) is 4.80. The molecule has 0 saturated carbocycles. The summed E-state index contributed by atoms with van der Waals surface area (Å²) in [7, 11) is 1.83. The summed E-state index contributed by atoms with van der Waals surface area (Å²) in [6.07, 6.45) is 0. The molecule has 0 aliphatic carbocycles. The Morgan fingerprint density at radius 1 is 0.923 bits per heavy atom. The number of nitrogens with one attached hydrogen (secondary N) is 1. The van der Waals surface area contributed by atoms with Crippen LogP contribution in [-0.4, -0.2) is 17.1 Å². The molecule has 0 heterocycles. The van der Waals surface area contributed by atoms with Crippen molar-refractivity contribution >= 4 is 23.0 Å². The van der Waals surface area contributed by atoms with Crippen LogP contribution in [0.15, 0.2) is 78.9 Å². The van der Waals surface area contributed by atoms with Crippen LogP contribution in [0.3, 0.4) is 0 Å². The lowest BCUT2D eigenvalue weighted by molar-refractivity contribution is 0.482. The first-order valence-corrected chi connectivity index (χ1v) is 8.61. The highest BCUT2D eigenvalue weighted by Crippen LogP contribution is 2.22. The summed E-state index contributed by atoms with van der Waals surface area (Å²) in [6.45, 7) is 0.397. The number of para-hydroxylation sites is 1. The van der Waals surface area contributed by atoms with Gasteiger partial charge in [-0.3, -0.25) is 0 Å². The van der Waals surface area contributed by atoms with Crippen LogP contribution in [0, 0.1) is 5.82 Å². The van der Waals surface area contributed by atoms with Crippen molar-refractivity contribution in [3.05, 3.63) is 90.2 Å². The highest BCUT2D eigenvalue weighted by Gasteiger charge is 2.09. The largest absolute Gasteiger partial charge is 0.457 e. The molecule has 0 aliphatic heterocycles. The molecule has 0 fully saturated rings. The van der Waals surface area contributed by atoms with E-state index in [2.05, 4.69) is 5.32 Å². The van der Waals surface area contributed by atoms with Crippen molar-refractivity contribution in [3.63, 3.8) is 0 Å². The van der Waals surface area contributed by atoms with Crippen LogP contribution in [0.4, 0.5) is 10.1 Å². The van der Waals surface area contributed by atoms with Crippen LogP contribution in [0.5, 0.6) is 11.5 Å². The minimum absolute atomic E-state index is 0.232. The zero-order valence-electron chi connectivity index (χ0n) is 14.4. The van der Waals surface area contributed by atoms with E-state index in [9.17, 15) is 4.39 Å². The lowest BCUT2D eigenvalue weighted by Crippen LogP contribution is -2.30. The van der Waals surface area contributed by atoms with E-state index in [-0.39, 0.29) is 5.82 Å². The molecule has 132 valence electrons. The molecule has 0 spiro atoms. The number of halogens is 1. The molecule has 3 rings (SSSR count). The SMILES string of the molecule is CN(Cc1ccccc1F)C(=S)Nc1ccc(Oc2ccccc2)cc1. The number of hydrogen-bond acceptors (Lipinski definition) is 2. The van der Waals surface area contributed by atoms with Gasteiger partial charge < -0.3 is 15.0 Å². The van der Waals surface area contributed by atoms with Crippen molar-refractivity contribution < 1.29 is 9.13 Å². The van der Waals surface area contributed by atoms with Crippen LogP contribution in [-0.2, 0) is 6.54 Å². The Balaban J connectivity index is 1.58. The number of ether oxygens (including phenoxy) is 1. The molecule has 3 nitrogen and oxygen atoms in total. The lowest BCUT2D eigenvalue weighted by atomic mass is 10.2. The second kappa shape index (κ2) is 8.45. The maximum atomic E-state index is 13.8. The first kappa shape index (κ1) is 17.9. The van der Waals surface area contributed by atoms with Gasteiger partial charge >= 0.3 is 0 Å². The molecule has 0 radical (unpaired) electrons. The average Bonchev–Trinajstić information content (AvgIpc) is 2.66. The van der Waals surface area contributed by atoms with E-state index < -0.39 is 0 Å². The van der Waals surface area contributed by atoms with E-state index in [1.54, 1.807) is 17.0 Å². The molecule has 0 aromatic heterocycles. The zero-order valence-corrected chi connectivity index (χ0v) is 15.2. The Morgan fingerprint density at radius 2 is 1.54 bits per heavy atom. The van der Waals surface area contributed by atoms with E-state index >= 15 is 0 Å². The monoisotopic (exact) mass is 366 g/mol. The van der Waals surface area contributed by atoms with Crippen molar-refractivity contribution in [1.29, 1.82) is 0 Å². The summed E-state index contributed by atoms with van der Waals surface area (Å²) in [4.78, 5) is 1.79. The molecular weight excluding hydrogens is 347 g/mol. The van der Waals surface area contributed by atoms with E-state index in [4.69, 9.17) is 17.0 Å². The third-order valence-electron chi connectivity index (χ3n) is 3.80. The molecule has 0 atom stereocenters. The smallest absolute Gasteiger partial charge is 0.173 e. The number of anilines is 1. The molecule has 0 amide bonds. The van der Waals surface area contributed by atoms with Gasteiger partial charge in [0.05, 0.1) is 0 Å². The van der Waals surface area contributed by atoms with Crippen molar-refractivity contribution in [2.45, 2.75) is 6.54 Å². The first-order chi connectivity index (χ1) is 12.6. The van der Waals surface area contributed by atoms with Gasteiger partial charge in [-0.15, -0.1) is 0 Å². The van der Waals surface area contributed by atoms with Crippen molar-refractivity contribution in [2.75, 3.05) is 12.4 Å². The number of rotatable bonds is 5. The Morgan fingerprint density at radius 3 is 2.23 bits per heavy atom. The van der Waals surface area contributed by atoms with Crippen LogP contribution < -0.4 is 10.1 Å². The molecule has 3 aromatic rings. The predicted molar refractivity (Wildman–Crippen MR) is 107 cm³/mol. The van der Waals surface area contributed by atoms with Gasteiger partial charge in [0.15, 0.2) is 5.11 Å². The first-order valence-electron chi connectivity index (χ1n) is 8.20. The topological polar surface area (TPSA) is 24.5 Å². The van der Waals surface area contributed by atoms with Gasteiger partial charge in [-0.2, -0.15) is 0 Å². The van der Waals surface area contributed by atoms with Gasteiger partial charge in [0.1, 0.15) is 17.3 Å². The predicted octanol–water partition coefficient (Wildman–Crippen LogP) is 5.45. The number of nitrogens with zero attached hydrogens (tertiary/aromatic N) is 1. The van der Waals surface area contributed by atoms with Crippen LogP contribution in [0.25, 0.3) is 0 Å². The summed E-state index contributed by atoms with van der Waals surface area (Å²) in [5.41, 5.74) is 1.45. The highest BCUT2D eigenvalue weighted by molar-refractivity contribution is 7.80. The fourth-order valence-electron chi connectivity index (χ4n) is 2.40. The Kier molecular flexibility index (Phi) is 5.81. The van der Waals surface area contributed by atoms with E-state index in [1.807, 2.05) is 67.7 Å². The lowest BCUT2D eigenvalue weighted by Gasteiger charge is -2.21. The van der Waals surface area contributed by atoms with Crippen molar-refractivity contribution in [2.24, 2.45) is 0 Å². The molecule has 3 aromatic carbocycles. The summed E-state index contributed by atoms with van der Waals surface area (Å²) >= 11 is 5.40. The van der Waals surface area contributed by atoms with Crippen LogP contribution in [0.1, 0.15) is 5.56 Å². The summed E-state index contributed by atoms with van der Waals surface area (Å²) < 4.78 is 19.5. The third-order valence-corrected chi connectivity index (χ3v) is 4.21. The molecule has 0 unspecified atom stereocenters. The molecule has 5 heteroatoms. The molecule has 1 N–H and O–H groups in total. The molecule has 0 saturated heterocycles. The van der Waals surface area contributed by atoms with Gasteiger partial charge in [0.2, 0.25) is 0 Å². The second-order valence-corrected chi connectivity index (χ2v) is 6.20. The van der Waals surface area contributed by atoms with E-state index in [0.717, 1.165) is 17.2 Å². The maximum absolute atomic E-state index is 13.8. The standard InChI is InChI=1S/C21H19FN2OS/c1-24(15-16-7-5-6-10-20(16)22)21(26)23-17-11-13-19(14-12-17)25-18-8-3-2-4-9-18/h2-14H,15H2,1H3,(H,23,26). The number of hydrogen-bond donors (Lipinski definition) is 1. The van der Waals surface area contributed by atoms with Gasteiger partial charge in [-0.25, -0.2) is 4.39 Å². The molecule has 26 heavy (non-hydrogen) atoms. The molecule has 0 aliphatic rings. The average molecular weight is 366 g/mol. The summed E-state index contributed by atoms with van der Waals surface area (Å²) in [5, 5.41) is 3.67. The Hall–Kier alpha value is -2.92.